The van der Waals surface area contributed by atoms with Gasteiger partial charge in [-0.3, -0.25) is 9.78 Å². The highest BCUT2D eigenvalue weighted by Crippen LogP contribution is 2.26. The van der Waals surface area contributed by atoms with Gasteiger partial charge in [0.2, 0.25) is 0 Å². The predicted octanol–water partition coefficient (Wildman–Crippen LogP) is 3.18. The SMILES string of the molecule is CN(Cc1cccnc1)c1cccc(Cl)c1C=O. The fourth-order valence-electron chi connectivity index (χ4n) is 1.83. The maximum atomic E-state index is 11.1. The van der Waals surface area contributed by atoms with Crippen LogP contribution in [0.15, 0.2) is 42.7 Å². The van der Waals surface area contributed by atoms with Crippen molar-refractivity contribution in [3.63, 3.8) is 0 Å². The van der Waals surface area contributed by atoms with Crippen LogP contribution in [0.1, 0.15) is 15.9 Å². The second-order valence-electron chi connectivity index (χ2n) is 4.01. The van der Waals surface area contributed by atoms with Crippen LogP contribution in [0.4, 0.5) is 5.69 Å². The van der Waals surface area contributed by atoms with Crippen molar-refractivity contribution < 1.29 is 4.79 Å². The van der Waals surface area contributed by atoms with Crippen molar-refractivity contribution in [1.29, 1.82) is 0 Å². The largest absolute Gasteiger partial charge is 0.370 e. The molecule has 3 nitrogen and oxygen atoms in total. The molecule has 0 atom stereocenters. The third kappa shape index (κ3) is 2.68. The third-order valence-electron chi connectivity index (χ3n) is 2.70. The highest BCUT2D eigenvalue weighted by Gasteiger charge is 2.10. The summed E-state index contributed by atoms with van der Waals surface area (Å²) in [5.41, 5.74) is 2.42. The number of pyridine rings is 1. The first-order valence-electron chi connectivity index (χ1n) is 5.56. The number of rotatable bonds is 4. The Kier molecular flexibility index (Phi) is 3.95. The van der Waals surface area contributed by atoms with Crippen LogP contribution < -0.4 is 4.90 Å². The minimum Gasteiger partial charge on any atom is -0.370 e. The van der Waals surface area contributed by atoms with Crippen LogP contribution in [0, 0.1) is 0 Å². The maximum Gasteiger partial charge on any atom is 0.153 e. The number of halogens is 1. The van der Waals surface area contributed by atoms with E-state index in [0.29, 0.717) is 17.1 Å². The summed E-state index contributed by atoms with van der Waals surface area (Å²) in [6.07, 6.45) is 4.33. The number of nitrogens with zero attached hydrogens (tertiary/aromatic N) is 2. The van der Waals surface area contributed by atoms with Crippen molar-refractivity contribution >= 4 is 23.6 Å². The first-order chi connectivity index (χ1) is 8.72. The fraction of sp³-hybridized carbons (Fsp3) is 0.143. The molecule has 1 aromatic carbocycles. The molecule has 0 saturated heterocycles. The molecule has 18 heavy (non-hydrogen) atoms. The summed E-state index contributed by atoms with van der Waals surface area (Å²) in [5, 5.41) is 0.473. The number of carbonyl (C=O) groups excluding carboxylic acids is 1. The molecule has 0 aliphatic heterocycles. The average molecular weight is 261 g/mol. The molecule has 0 unspecified atom stereocenters. The summed E-state index contributed by atoms with van der Waals surface area (Å²) in [4.78, 5) is 17.1. The van der Waals surface area contributed by atoms with E-state index in [9.17, 15) is 4.79 Å². The van der Waals surface area contributed by atoms with Gasteiger partial charge in [-0.15, -0.1) is 0 Å². The van der Waals surface area contributed by atoms with Crippen LogP contribution in [-0.2, 0) is 6.54 Å². The van der Waals surface area contributed by atoms with E-state index in [2.05, 4.69) is 4.98 Å². The summed E-state index contributed by atoms with van der Waals surface area (Å²) in [7, 11) is 1.92. The van der Waals surface area contributed by atoms with Crippen LogP contribution in [-0.4, -0.2) is 18.3 Å². The number of hydrogen-bond acceptors (Lipinski definition) is 3. The lowest BCUT2D eigenvalue weighted by atomic mass is 10.1. The molecule has 1 aromatic heterocycles. The number of anilines is 1. The first-order valence-corrected chi connectivity index (χ1v) is 5.94. The van der Waals surface area contributed by atoms with Crippen LogP contribution in [0.5, 0.6) is 0 Å². The van der Waals surface area contributed by atoms with Crippen molar-refractivity contribution in [2.24, 2.45) is 0 Å². The second kappa shape index (κ2) is 5.65. The Morgan fingerprint density at radius 2 is 2.17 bits per heavy atom. The van der Waals surface area contributed by atoms with E-state index in [1.54, 1.807) is 12.3 Å². The summed E-state index contributed by atoms with van der Waals surface area (Å²) >= 11 is 6.01. The van der Waals surface area contributed by atoms with Gasteiger partial charge in [0.15, 0.2) is 6.29 Å². The zero-order chi connectivity index (χ0) is 13.0. The van der Waals surface area contributed by atoms with E-state index in [-0.39, 0.29) is 0 Å². The van der Waals surface area contributed by atoms with Crippen molar-refractivity contribution in [2.75, 3.05) is 11.9 Å². The van der Waals surface area contributed by atoms with Gasteiger partial charge in [-0.25, -0.2) is 0 Å². The van der Waals surface area contributed by atoms with Crippen LogP contribution in [0.2, 0.25) is 5.02 Å². The molecule has 0 spiro atoms. The van der Waals surface area contributed by atoms with Gasteiger partial charge < -0.3 is 4.90 Å². The first kappa shape index (κ1) is 12.6. The number of benzene rings is 1. The molecule has 4 heteroatoms. The van der Waals surface area contributed by atoms with Crippen LogP contribution in [0.25, 0.3) is 0 Å². The third-order valence-corrected chi connectivity index (χ3v) is 3.03. The second-order valence-corrected chi connectivity index (χ2v) is 4.42. The zero-order valence-electron chi connectivity index (χ0n) is 10.0. The molecule has 0 saturated carbocycles. The molecular weight excluding hydrogens is 248 g/mol. The Hall–Kier alpha value is -1.87. The molecule has 0 radical (unpaired) electrons. The number of hydrogen-bond donors (Lipinski definition) is 0. The van der Waals surface area contributed by atoms with Gasteiger partial charge in [-0.05, 0) is 23.8 Å². The molecule has 1 heterocycles. The highest BCUT2D eigenvalue weighted by molar-refractivity contribution is 6.33. The van der Waals surface area contributed by atoms with Gasteiger partial charge in [0.1, 0.15) is 0 Å². The molecule has 0 aliphatic carbocycles. The van der Waals surface area contributed by atoms with Crippen molar-refractivity contribution in [3.8, 4) is 0 Å². The minimum absolute atomic E-state index is 0.473. The minimum atomic E-state index is 0.473. The Labute approximate surface area is 111 Å². The maximum absolute atomic E-state index is 11.1. The monoisotopic (exact) mass is 260 g/mol. The zero-order valence-corrected chi connectivity index (χ0v) is 10.8. The standard InChI is InChI=1S/C14H13ClN2O/c1-17(9-11-4-3-7-16-8-11)14-6-2-5-13(15)12(14)10-18/h2-8,10H,9H2,1H3. The average Bonchev–Trinajstić information content (AvgIpc) is 2.39. The lowest BCUT2D eigenvalue weighted by Crippen LogP contribution is -2.18. The number of carbonyl (C=O) groups is 1. The fourth-order valence-corrected chi connectivity index (χ4v) is 2.04. The summed E-state index contributed by atoms with van der Waals surface area (Å²) in [6.45, 7) is 0.676. The summed E-state index contributed by atoms with van der Waals surface area (Å²) in [5.74, 6) is 0. The van der Waals surface area contributed by atoms with Gasteiger partial charge in [-0.1, -0.05) is 23.7 Å². The molecule has 92 valence electrons. The number of aromatic nitrogens is 1. The van der Waals surface area contributed by atoms with E-state index in [1.165, 1.54) is 0 Å². The van der Waals surface area contributed by atoms with Crippen molar-refractivity contribution in [2.45, 2.75) is 6.54 Å². The Morgan fingerprint density at radius 3 is 2.83 bits per heavy atom. The molecule has 2 aromatic rings. The molecule has 0 fully saturated rings. The molecule has 0 N–H and O–H groups in total. The predicted molar refractivity (Wildman–Crippen MR) is 73.2 cm³/mol. The summed E-state index contributed by atoms with van der Waals surface area (Å²) in [6, 6.07) is 9.32. The molecule has 0 aliphatic rings. The van der Waals surface area contributed by atoms with Crippen molar-refractivity contribution in [1.82, 2.24) is 4.98 Å². The summed E-state index contributed by atoms with van der Waals surface area (Å²) < 4.78 is 0. The molecule has 2 rings (SSSR count). The Morgan fingerprint density at radius 1 is 1.33 bits per heavy atom. The smallest absolute Gasteiger partial charge is 0.153 e. The van der Waals surface area contributed by atoms with Gasteiger partial charge >= 0.3 is 0 Å². The Bertz CT molecular complexity index is 543. The van der Waals surface area contributed by atoms with E-state index >= 15 is 0 Å². The van der Waals surface area contributed by atoms with Gasteiger partial charge in [0.25, 0.3) is 0 Å². The van der Waals surface area contributed by atoms with Crippen LogP contribution in [0.3, 0.4) is 0 Å². The number of aldehydes is 1. The normalized spacial score (nSPS) is 10.1. The van der Waals surface area contributed by atoms with Gasteiger partial charge in [0, 0.05) is 31.7 Å². The lowest BCUT2D eigenvalue weighted by Gasteiger charge is -2.21. The van der Waals surface area contributed by atoms with Gasteiger partial charge in [-0.2, -0.15) is 0 Å². The van der Waals surface area contributed by atoms with E-state index < -0.39 is 0 Å². The van der Waals surface area contributed by atoms with Gasteiger partial charge in [0.05, 0.1) is 10.6 Å². The van der Waals surface area contributed by atoms with E-state index in [1.807, 2.05) is 42.4 Å². The quantitative estimate of drug-likeness (QED) is 0.792. The molecule has 0 bridgehead atoms. The van der Waals surface area contributed by atoms with Crippen molar-refractivity contribution in [3.05, 3.63) is 58.9 Å². The van der Waals surface area contributed by atoms with E-state index in [0.717, 1.165) is 17.5 Å². The topological polar surface area (TPSA) is 33.2 Å². The van der Waals surface area contributed by atoms with Crippen LogP contribution >= 0.6 is 11.6 Å². The highest BCUT2D eigenvalue weighted by atomic mass is 35.5. The van der Waals surface area contributed by atoms with E-state index in [4.69, 9.17) is 11.6 Å². The molecule has 0 amide bonds. The lowest BCUT2D eigenvalue weighted by molar-refractivity contribution is 0.112. The Balaban J connectivity index is 2.26. The molecular formula is C14H13ClN2O.